The Morgan fingerprint density at radius 2 is 2.43 bits per heavy atom. The molecule has 2 rings (SSSR count). The van der Waals surface area contributed by atoms with E-state index in [2.05, 4.69) is 29.5 Å². The number of rotatable bonds is 5. The zero-order chi connectivity index (χ0) is 9.97. The second-order valence-corrected chi connectivity index (χ2v) is 5.07. The molecule has 0 radical (unpaired) electrons. The SMILES string of the molecule is CCC(C)c1csc(CNC2CC2)n1. The summed E-state index contributed by atoms with van der Waals surface area (Å²) in [5.41, 5.74) is 1.27. The van der Waals surface area contributed by atoms with Crippen molar-refractivity contribution in [3.05, 3.63) is 16.1 Å². The number of nitrogens with zero attached hydrogens (tertiary/aromatic N) is 1. The molecule has 0 saturated heterocycles. The van der Waals surface area contributed by atoms with E-state index in [0.717, 1.165) is 12.6 Å². The Morgan fingerprint density at radius 3 is 3.07 bits per heavy atom. The Morgan fingerprint density at radius 1 is 1.64 bits per heavy atom. The lowest BCUT2D eigenvalue weighted by Crippen LogP contribution is -2.15. The zero-order valence-electron chi connectivity index (χ0n) is 8.92. The van der Waals surface area contributed by atoms with Crippen LogP contribution in [0.5, 0.6) is 0 Å². The molecule has 14 heavy (non-hydrogen) atoms. The average Bonchev–Trinajstić information content (AvgIpc) is 2.92. The summed E-state index contributed by atoms with van der Waals surface area (Å²) in [4.78, 5) is 4.64. The minimum absolute atomic E-state index is 0.612. The van der Waals surface area contributed by atoms with Crippen LogP contribution in [0.4, 0.5) is 0 Å². The molecule has 1 aliphatic carbocycles. The molecular weight excluding hydrogens is 192 g/mol. The van der Waals surface area contributed by atoms with Crippen molar-refractivity contribution >= 4 is 11.3 Å². The van der Waals surface area contributed by atoms with Crippen molar-refractivity contribution in [3.8, 4) is 0 Å². The predicted molar refractivity (Wildman–Crippen MR) is 60.7 cm³/mol. The van der Waals surface area contributed by atoms with Crippen LogP contribution in [0.1, 0.15) is 49.7 Å². The minimum atomic E-state index is 0.612. The summed E-state index contributed by atoms with van der Waals surface area (Å²) >= 11 is 1.79. The Hall–Kier alpha value is -0.410. The highest BCUT2D eigenvalue weighted by Gasteiger charge is 2.20. The van der Waals surface area contributed by atoms with E-state index in [1.54, 1.807) is 11.3 Å². The van der Waals surface area contributed by atoms with Crippen molar-refractivity contribution < 1.29 is 0 Å². The van der Waals surface area contributed by atoms with Gasteiger partial charge < -0.3 is 5.32 Å². The third-order valence-electron chi connectivity index (χ3n) is 2.81. The molecule has 3 heteroatoms. The molecule has 0 aromatic carbocycles. The van der Waals surface area contributed by atoms with Crippen LogP contribution in [0.15, 0.2) is 5.38 Å². The van der Waals surface area contributed by atoms with E-state index in [9.17, 15) is 0 Å². The number of aromatic nitrogens is 1. The maximum absolute atomic E-state index is 4.64. The fourth-order valence-corrected chi connectivity index (χ4v) is 2.23. The molecular formula is C11H18N2S. The Balaban J connectivity index is 1.87. The van der Waals surface area contributed by atoms with Crippen LogP contribution in [0.25, 0.3) is 0 Å². The van der Waals surface area contributed by atoms with Gasteiger partial charge in [-0.3, -0.25) is 0 Å². The van der Waals surface area contributed by atoms with Crippen molar-refractivity contribution in [3.63, 3.8) is 0 Å². The molecule has 1 unspecified atom stereocenters. The van der Waals surface area contributed by atoms with Crippen molar-refractivity contribution in [1.29, 1.82) is 0 Å². The molecule has 0 aliphatic heterocycles. The van der Waals surface area contributed by atoms with Crippen molar-refractivity contribution in [2.24, 2.45) is 0 Å². The lowest BCUT2D eigenvalue weighted by atomic mass is 10.1. The molecule has 1 heterocycles. The number of hydrogen-bond acceptors (Lipinski definition) is 3. The molecule has 0 bridgehead atoms. The van der Waals surface area contributed by atoms with Crippen LogP contribution in [-0.2, 0) is 6.54 Å². The van der Waals surface area contributed by atoms with E-state index in [1.807, 2.05) is 0 Å². The summed E-state index contributed by atoms with van der Waals surface area (Å²) < 4.78 is 0. The average molecular weight is 210 g/mol. The largest absolute Gasteiger partial charge is 0.308 e. The molecule has 1 atom stereocenters. The van der Waals surface area contributed by atoms with E-state index in [0.29, 0.717) is 5.92 Å². The van der Waals surface area contributed by atoms with Crippen LogP contribution in [0.3, 0.4) is 0 Å². The zero-order valence-corrected chi connectivity index (χ0v) is 9.73. The standard InChI is InChI=1S/C11H18N2S/c1-3-8(2)10-7-14-11(13-10)6-12-9-4-5-9/h7-9,12H,3-6H2,1-2H3. The number of hydrogen-bond donors (Lipinski definition) is 1. The van der Waals surface area contributed by atoms with Gasteiger partial charge in [-0.15, -0.1) is 11.3 Å². The van der Waals surface area contributed by atoms with Crippen molar-refractivity contribution in [1.82, 2.24) is 10.3 Å². The fraction of sp³-hybridized carbons (Fsp3) is 0.727. The summed E-state index contributed by atoms with van der Waals surface area (Å²) in [5, 5.41) is 6.94. The third-order valence-corrected chi connectivity index (χ3v) is 3.67. The van der Waals surface area contributed by atoms with Gasteiger partial charge in [0.15, 0.2) is 0 Å². The number of thiazole rings is 1. The first-order valence-electron chi connectivity index (χ1n) is 5.47. The molecule has 0 amide bonds. The van der Waals surface area contributed by atoms with E-state index < -0.39 is 0 Å². The fourth-order valence-electron chi connectivity index (χ4n) is 1.36. The molecule has 1 saturated carbocycles. The quantitative estimate of drug-likeness (QED) is 0.808. The first kappa shape index (κ1) is 10.1. The summed E-state index contributed by atoms with van der Waals surface area (Å²) in [6.45, 7) is 5.42. The second-order valence-electron chi connectivity index (χ2n) is 4.13. The molecule has 1 aromatic heterocycles. The molecule has 1 aliphatic rings. The number of nitrogens with one attached hydrogen (secondary N) is 1. The summed E-state index contributed by atoms with van der Waals surface area (Å²) in [6.07, 6.45) is 3.88. The normalized spacial score (nSPS) is 18.4. The van der Waals surface area contributed by atoms with Gasteiger partial charge in [0.05, 0.1) is 5.69 Å². The van der Waals surface area contributed by atoms with Gasteiger partial charge in [-0.1, -0.05) is 13.8 Å². The van der Waals surface area contributed by atoms with E-state index >= 15 is 0 Å². The van der Waals surface area contributed by atoms with Crippen LogP contribution in [0, 0.1) is 0 Å². The molecule has 1 fully saturated rings. The highest BCUT2D eigenvalue weighted by molar-refractivity contribution is 7.09. The van der Waals surface area contributed by atoms with Crippen molar-refractivity contribution in [2.75, 3.05) is 0 Å². The molecule has 1 N–H and O–H groups in total. The van der Waals surface area contributed by atoms with Crippen LogP contribution in [-0.4, -0.2) is 11.0 Å². The summed E-state index contributed by atoms with van der Waals surface area (Å²) in [5.74, 6) is 0.612. The monoisotopic (exact) mass is 210 g/mol. The lowest BCUT2D eigenvalue weighted by Gasteiger charge is -2.02. The first-order chi connectivity index (χ1) is 6.79. The highest BCUT2D eigenvalue weighted by Crippen LogP contribution is 2.23. The van der Waals surface area contributed by atoms with Gasteiger partial charge >= 0.3 is 0 Å². The van der Waals surface area contributed by atoms with Crippen LogP contribution in [0.2, 0.25) is 0 Å². The smallest absolute Gasteiger partial charge is 0.107 e. The third kappa shape index (κ3) is 2.55. The molecule has 2 nitrogen and oxygen atoms in total. The van der Waals surface area contributed by atoms with Gasteiger partial charge in [-0.05, 0) is 25.2 Å². The molecule has 0 spiro atoms. The van der Waals surface area contributed by atoms with Gasteiger partial charge in [0.25, 0.3) is 0 Å². The lowest BCUT2D eigenvalue weighted by molar-refractivity contribution is 0.670. The second kappa shape index (κ2) is 4.41. The topological polar surface area (TPSA) is 24.9 Å². The molecule has 1 aromatic rings. The minimum Gasteiger partial charge on any atom is -0.308 e. The van der Waals surface area contributed by atoms with Crippen LogP contribution >= 0.6 is 11.3 Å². The Labute approximate surface area is 89.8 Å². The summed E-state index contributed by atoms with van der Waals surface area (Å²) in [6, 6.07) is 0.783. The Kier molecular flexibility index (Phi) is 3.19. The van der Waals surface area contributed by atoms with E-state index in [4.69, 9.17) is 0 Å². The predicted octanol–water partition coefficient (Wildman–Crippen LogP) is 2.91. The van der Waals surface area contributed by atoms with E-state index in [-0.39, 0.29) is 0 Å². The first-order valence-corrected chi connectivity index (χ1v) is 6.35. The van der Waals surface area contributed by atoms with Gasteiger partial charge in [-0.25, -0.2) is 4.98 Å². The van der Waals surface area contributed by atoms with Gasteiger partial charge in [0, 0.05) is 18.0 Å². The summed E-state index contributed by atoms with van der Waals surface area (Å²) in [7, 11) is 0. The van der Waals surface area contributed by atoms with Gasteiger partial charge in [-0.2, -0.15) is 0 Å². The molecule has 78 valence electrons. The highest BCUT2D eigenvalue weighted by atomic mass is 32.1. The maximum Gasteiger partial charge on any atom is 0.107 e. The van der Waals surface area contributed by atoms with E-state index in [1.165, 1.54) is 30.0 Å². The Bertz CT molecular complexity index is 291. The van der Waals surface area contributed by atoms with Crippen molar-refractivity contribution in [2.45, 2.75) is 51.6 Å². The van der Waals surface area contributed by atoms with Crippen LogP contribution < -0.4 is 5.32 Å². The van der Waals surface area contributed by atoms with Gasteiger partial charge in [0.2, 0.25) is 0 Å². The van der Waals surface area contributed by atoms with Gasteiger partial charge in [0.1, 0.15) is 5.01 Å². The maximum atomic E-state index is 4.64.